The van der Waals surface area contributed by atoms with Gasteiger partial charge in [-0.25, -0.2) is 0 Å². The summed E-state index contributed by atoms with van der Waals surface area (Å²) in [6, 6.07) is 0. The highest BCUT2D eigenvalue weighted by Gasteiger charge is 2.17. The Bertz CT molecular complexity index is 376. The minimum absolute atomic E-state index is 0.285. The third-order valence-electron chi connectivity index (χ3n) is 2.76. The van der Waals surface area contributed by atoms with Crippen LogP contribution in [-0.2, 0) is 0 Å². The fourth-order valence-electron chi connectivity index (χ4n) is 1.84. The van der Waals surface area contributed by atoms with Gasteiger partial charge in [-0.05, 0) is 19.3 Å². The number of hydrogen-bond acceptors (Lipinski definition) is 6. The number of rotatable bonds is 2. The molecule has 6 nitrogen and oxygen atoms in total. The molecule has 6 heteroatoms. The van der Waals surface area contributed by atoms with Crippen molar-refractivity contribution in [2.24, 2.45) is 0 Å². The van der Waals surface area contributed by atoms with Crippen LogP contribution in [0.25, 0.3) is 0 Å². The van der Waals surface area contributed by atoms with Gasteiger partial charge in [-0.2, -0.15) is 9.97 Å². The molecular formula is C10H17N5O. The first-order valence-corrected chi connectivity index (χ1v) is 5.44. The van der Waals surface area contributed by atoms with Gasteiger partial charge in [0, 0.05) is 13.1 Å². The molecule has 0 spiro atoms. The van der Waals surface area contributed by atoms with Crippen molar-refractivity contribution in [2.45, 2.75) is 19.3 Å². The van der Waals surface area contributed by atoms with E-state index in [-0.39, 0.29) is 5.82 Å². The average molecular weight is 223 g/mol. The van der Waals surface area contributed by atoms with E-state index < -0.39 is 0 Å². The van der Waals surface area contributed by atoms with E-state index in [2.05, 4.69) is 14.9 Å². The van der Waals surface area contributed by atoms with Crippen molar-refractivity contribution in [3.05, 3.63) is 0 Å². The highest BCUT2D eigenvalue weighted by molar-refractivity contribution is 5.66. The molecule has 0 atom stereocenters. The van der Waals surface area contributed by atoms with E-state index in [1.807, 2.05) is 0 Å². The molecule has 2 heterocycles. The van der Waals surface area contributed by atoms with E-state index in [1.165, 1.54) is 13.5 Å². The van der Waals surface area contributed by atoms with Crippen LogP contribution < -0.4 is 21.1 Å². The molecule has 0 amide bonds. The van der Waals surface area contributed by atoms with Crippen molar-refractivity contribution >= 4 is 17.5 Å². The van der Waals surface area contributed by atoms with Crippen molar-refractivity contribution in [3.8, 4) is 5.88 Å². The van der Waals surface area contributed by atoms with E-state index in [4.69, 9.17) is 16.2 Å². The molecule has 2 rings (SSSR count). The normalized spacial score (nSPS) is 16.2. The molecule has 1 aromatic heterocycles. The van der Waals surface area contributed by atoms with Crippen LogP contribution in [-0.4, -0.2) is 30.2 Å². The Kier molecular flexibility index (Phi) is 2.98. The molecule has 0 radical (unpaired) electrons. The number of methoxy groups -OCH3 is 1. The Morgan fingerprint density at radius 1 is 1.12 bits per heavy atom. The zero-order valence-electron chi connectivity index (χ0n) is 9.44. The van der Waals surface area contributed by atoms with Crippen molar-refractivity contribution < 1.29 is 4.74 Å². The van der Waals surface area contributed by atoms with Crippen molar-refractivity contribution in [3.63, 3.8) is 0 Å². The number of anilines is 3. The van der Waals surface area contributed by atoms with Gasteiger partial charge in [0.15, 0.2) is 5.82 Å². The molecule has 1 aliphatic heterocycles. The maximum absolute atomic E-state index is 5.72. The number of piperidine rings is 1. The molecule has 88 valence electrons. The molecule has 1 saturated heterocycles. The predicted molar refractivity (Wildman–Crippen MR) is 63.5 cm³/mol. The van der Waals surface area contributed by atoms with Gasteiger partial charge in [-0.15, -0.1) is 0 Å². The van der Waals surface area contributed by atoms with Gasteiger partial charge in [-0.3, -0.25) is 0 Å². The first kappa shape index (κ1) is 10.8. The largest absolute Gasteiger partial charge is 0.479 e. The summed E-state index contributed by atoms with van der Waals surface area (Å²) in [5, 5.41) is 0. The smallest absolute Gasteiger partial charge is 0.244 e. The highest BCUT2D eigenvalue weighted by atomic mass is 16.5. The van der Waals surface area contributed by atoms with Crippen molar-refractivity contribution in [1.82, 2.24) is 9.97 Å². The first-order valence-electron chi connectivity index (χ1n) is 5.44. The summed E-state index contributed by atoms with van der Waals surface area (Å²) in [4.78, 5) is 10.6. The van der Waals surface area contributed by atoms with Gasteiger partial charge in [0.25, 0.3) is 0 Å². The van der Waals surface area contributed by atoms with Gasteiger partial charge < -0.3 is 21.1 Å². The summed E-state index contributed by atoms with van der Waals surface area (Å²) in [7, 11) is 1.53. The van der Waals surface area contributed by atoms with E-state index in [0.29, 0.717) is 17.5 Å². The Labute approximate surface area is 94.6 Å². The van der Waals surface area contributed by atoms with Crippen molar-refractivity contribution in [2.75, 3.05) is 36.6 Å². The lowest BCUT2D eigenvalue weighted by atomic mass is 10.1. The standard InChI is InChI=1S/C10H17N5O/c1-16-9-7(11)8(12)13-10(14-9)15-5-3-2-4-6-15/h2-6,11H2,1H3,(H2,12,13,14). The van der Waals surface area contributed by atoms with Crippen LogP contribution in [0.15, 0.2) is 0 Å². The van der Waals surface area contributed by atoms with Gasteiger partial charge >= 0.3 is 0 Å². The summed E-state index contributed by atoms with van der Waals surface area (Å²) < 4.78 is 5.07. The molecule has 4 N–H and O–H groups in total. The van der Waals surface area contributed by atoms with Gasteiger partial charge in [0.1, 0.15) is 5.69 Å². The van der Waals surface area contributed by atoms with Crippen LogP contribution in [0.4, 0.5) is 17.5 Å². The Hall–Kier alpha value is -1.72. The average Bonchev–Trinajstić information content (AvgIpc) is 2.33. The Morgan fingerprint density at radius 2 is 1.81 bits per heavy atom. The summed E-state index contributed by atoms with van der Waals surface area (Å²) in [6.45, 7) is 1.93. The number of nitrogens with two attached hydrogens (primary N) is 2. The highest BCUT2D eigenvalue weighted by Crippen LogP contribution is 2.27. The number of nitrogen functional groups attached to an aromatic ring is 2. The summed E-state index contributed by atoms with van der Waals surface area (Å²) in [6.07, 6.45) is 3.59. The molecule has 16 heavy (non-hydrogen) atoms. The molecule has 1 fully saturated rings. The van der Waals surface area contributed by atoms with Crippen LogP contribution in [0.3, 0.4) is 0 Å². The van der Waals surface area contributed by atoms with Crippen LogP contribution >= 0.6 is 0 Å². The van der Waals surface area contributed by atoms with Gasteiger partial charge in [0.05, 0.1) is 7.11 Å². The van der Waals surface area contributed by atoms with Crippen LogP contribution in [0.5, 0.6) is 5.88 Å². The second kappa shape index (κ2) is 4.42. The molecule has 0 aromatic carbocycles. The Morgan fingerprint density at radius 3 is 2.44 bits per heavy atom. The van der Waals surface area contributed by atoms with Gasteiger partial charge in [0.2, 0.25) is 11.8 Å². The lowest BCUT2D eigenvalue weighted by molar-refractivity contribution is 0.399. The maximum Gasteiger partial charge on any atom is 0.244 e. The van der Waals surface area contributed by atoms with E-state index >= 15 is 0 Å². The van der Waals surface area contributed by atoms with E-state index in [9.17, 15) is 0 Å². The summed E-state index contributed by atoms with van der Waals surface area (Å²) in [5.74, 6) is 1.25. The second-order valence-electron chi connectivity index (χ2n) is 3.88. The van der Waals surface area contributed by atoms with E-state index in [1.54, 1.807) is 0 Å². The number of aromatic nitrogens is 2. The van der Waals surface area contributed by atoms with E-state index in [0.717, 1.165) is 25.9 Å². The number of hydrogen-bond donors (Lipinski definition) is 2. The molecule has 0 saturated carbocycles. The first-order chi connectivity index (χ1) is 7.72. The number of ether oxygens (including phenoxy) is 1. The molecule has 0 bridgehead atoms. The lowest BCUT2D eigenvalue weighted by Crippen LogP contribution is -2.31. The number of nitrogens with zero attached hydrogens (tertiary/aromatic N) is 3. The maximum atomic E-state index is 5.72. The fourth-order valence-corrected chi connectivity index (χ4v) is 1.84. The monoisotopic (exact) mass is 223 g/mol. The molecule has 0 aliphatic carbocycles. The fraction of sp³-hybridized carbons (Fsp3) is 0.600. The minimum atomic E-state index is 0.285. The van der Waals surface area contributed by atoms with Gasteiger partial charge in [-0.1, -0.05) is 0 Å². The Balaban J connectivity index is 2.29. The topological polar surface area (TPSA) is 90.3 Å². The second-order valence-corrected chi connectivity index (χ2v) is 3.88. The van der Waals surface area contributed by atoms with Crippen LogP contribution in [0, 0.1) is 0 Å². The molecule has 1 aromatic rings. The molecule has 0 unspecified atom stereocenters. The molecular weight excluding hydrogens is 206 g/mol. The quantitative estimate of drug-likeness (QED) is 0.764. The SMILES string of the molecule is COc1nc(N2CCCCC2)nc(N)c1N. The van der Waals surface area contributed by atoms with Crippen LogP contribution in [0.1, 0.15) is 19.3 Å². The zero-order valence-corrected chi connectivity index (χ0v) is 9.44. The molecule has 1 aliphatic rings. The zero-order chi connectivity index (χ0) is 11.5. The predicted octanol–water partition coefficient (Wildman–Crippen LogP) is 0.640. The summed E-state index contributed by atoms with van der Waals surface area (Å²) in [5.41, 5.74) is 11.7. The minimum Gasteiger partial charge on any atom is -0.479 e. The third kappa shape index (κ3) is 1.95. The third-order valence-corrected chi connectivity index (χ3v) is 2.76. The van der Waals surface area contributed by atoms with Crippen LogP contribution in [0.2, 0.25) is 0 Å². The van der Waals surface area contributed by atoms with Crippen molar-refractivity contribution in [1.29, 1.82) is 0 Å². The lowest BCUT2D eigenvalue weighted by Gasteiger charge is -2.27. The summed E-state index contributed by atoms with van der Waals surface area (Å²) >= 11 is 0.